The van der Waals surface area contributed by atoms with E-state index in [1.165, 1.54) is 19.9 Å². The molecule has 9 heteroatoms. The minimum Gasteiger partial charge on any atom is -0.466 e. The number of rotatable bonds is 5. The zero-order valence-electron chi connectivity index (χ0n) is 20.9. The third kappa shape index (κ3) is 3.73. The second kappa shape index (κ2) is 8.69. The first-order valence-corrected chi connectivity index (χ1v) is 12.5. The van der Waals surface area contributed by atoms with Gasteiger partial charge in [-0.25, -0.2) is 0 Å². The van der Waals surface area contributed by atoms with Gasteiger partial charge in [0, 0.05) is 31.6 Å². The summed E-state index contributed by atoms with van der Waals surface area (Å²) in [7, 11) is 0. The van der Waals surface area contributed by atoms with E-state index in [0.717, 1.165) is 0 Å². The fourth-order valence-electron chi connectivity index (χ4n) is 7.90. The SMILES string of the molecule is CCOC(=O)[C@H]1CC[C@@]2(O)[C@@H]3CC[C@@]4(O)CC(=O)C=C[C@]4(COC(C)=O)[C@H]3[C@H](OC(C)=O)C[C@]12C. The summed E-state index contributed by atoms with van der Waals surface area (Å²) in [6, 6.07) is 0. The highest BCUT2D eigenvalue weighted by Crippen LogP contribution is 2.69. The van der Waals surface area contributed by atoms with Crippen LogP contribution in [-0.4, -0.2) is 64.4 Å². The summed E-state index contributed by atoms with van der Waals surface area (Å²) in [5.74, 6) is -3.36. The molecule has 194 valence electrons. The van der Waals surface area contributed by atoms with Crippen LogP contribution in [-0.2, 0) is 33.4 Å². The number of aliphatic hydroxyl groups is 2. The molecule has 0 aliphatic heterocycles. The molecule has 9 nitrogen and oxygen atoms in total. The van der Waals surface area contributed by atoms with Gasteiger partial charge in [0.1, 0.15) is 12.7 Å². The van der Waals surface area contributed by atoms with Crippen molar-refractivity contribution in [2.24, 2.45) is 28.6 Å². The monoisotopic (exact) mass is 492 g/mol. The lowest BCUT2D eigenvalue weighted by molar-refractivity contribution is -0.270. The van der Waals surface area contributed by atoms with E-state index in [4.69, 9.17) is 14.2 Å². The predicted octanol–water partition coefficient (Wildman–Crippen LogP) is 1.87. The topological polar surface area (TPSA) is 136 Å². The van der Waals surface area contributed by atoms with Crippen LogP contribution in [0.3, 0.4) is 0 Å². The van der Waals surface area contributed by atoms with E-state index in [2.05, 4.69) is 0 Å². The second-order valence-corrected chi connectivity index (χ2v) is 11.0. The maximum Gasteiger partial charge on any atom is 0.309 e. The quantitative estimate of drug-likeness (QED) is 0.435. The number of hydrogen-bond donors (Lipinski definition) is 2. The van der Waals surface area contributed by atoms with E-state index in [1.54, 1.807) is 13.0 Å². The maximum atomic E-state index is 12.9. The molecular formula is C26H36O9. The highest BCUT2D eigenvalue weighted by Gasteiger charge is 2.74. The van der Waals surface area contributed by atoms with E-state index in [0.29, 0.717) is 19.3 Å². The fourth-order valence-corrected chi connectivity index (χ4v) is 7.90. The molecule has 3 fully saturated rings. The molecule has 0 saturated heterocycles. The summed E-state index contributed by atoms with van der Waals surface area (Å²) in [5.41, 5.74) is -5.00. The highest BCUT2D eigenvalue weighted by molar-refractivity contribution is 5.92. The Labute approximate surface area is 205 Å². The minimum absolute atomic E-state index is 0.151. The zero-order valence-corrected chi connectivity index (χ0v) is 20.9. The number of carbonyl (C=O) groups excluding carboxylic acids is 4. The van der Waals surface area contributed by atoms with Crippen molar-refractivity contribution in [1.82, 2.24) is 0 Å². The van der Waals surface area contributed by atoms with Crippen molar-refractivity contribution in [2.75, 3.05) is 13.2 Å². The van der Waals surface area contributed by atoms with E-state index < -0.39 is 57.8 Å². The van der Waals surface area contributed by atoms with Crippen LogP contribution in [0.1, 0.15) is 66.2 Å². The van der Waals surface area contributed by atoms with Gasteiger partial charge in [-0.3, -0.25) is 19.2 Å². The Bertz CT molecular complexity index is 958. The molecule has 4 aliphatic rings. The number of ether oxygens (including phenoxy) is 3. The zero-order chi connectivity index (χ0) is 25.8. The average molecular weight is 493 g/mol. The molecule has 0 aromatic carbocycles. The number of carbonyl (C=O) groups is 4. The van der Waals surface area contributed by atoms with Crippen molar-refractivity contribution < 1.29 is 43.6 Å². The lowest BCUT2D eigenvalue weighted by atomic mass is 9.42. The molecule has 35 heavy (non-hydrogen) atoms. The Kier molecular flexibility index (Phi) is 6.41. The van der Waals surface area contributed by atoms with Crippen LogP contribution in [0.15, 0.2) is 12.2 Å². The molecule has 3 saturated carbocycles. The van der Waals surface area contributed by atoms with Crippen molar-refractivity contribution >= 4 is 23.7 Å². The van der Waals surface area contributed by atoms with Gasteiger partial charge in [0.15, 0.2) is 5.78 Å². The number of ketones is 1. The lowest BCUT2D eigenvalue weighted by Gasteiger charge is -2.65. The second-order valence-electron chi connectivity index (χ2n) is 11.0. The lowest BCUT2D eigenvalue weighted by Crippen LogP contribution is -2.72. The van der Waals surface area contributed by atoms with Crippen molar-refractivity contribution in [3.8, 4) is 0 Å². The highest BCUT2D eigenvalue weighted by atomic mass is 16.5. The predicted molar refractivity (Wildman–Crippen MR) is 122 cm³/mol. The third-order valence-electron chi connectivity index (χ3n) is 9.41. The van der Waals surface area contributed by atoms with Gasteiger partial charge in [0.2, 0.25) is 0 Å². The molecule has 0 bridgehead atoms. The molecule has 0 aromatic rings. The molecule has 0 aromatic heterocycles. The molecular weight excluding hydrogens is 456 g/mol. The van der Waals surface area contributed by atoms with Gasteiger partial charge in [0.05, 0.1) is 29.1 Å². The van der Waals surface area contributed by atoms with Crippen LogP contribution in [0.25, 0.3) is 0 Å². The van der Waals surface area contributed by atoms with E-state index in [-0.39, 0.29) is 44.2 Å². The van der Waals surface area contributed by atoms with Crippen molar-refractivity contribution in [2.45, 2.75) is 83.5 Å². The summed E-state index contributed by atoms with van der Waals surface area (Å²) >= 11 is 0. The normalized spacial score (nSPS) is 44.0. The smallest absolute Gasteiger partial charge is 0.309 e. The number of esters is 3. The third-order valence-corrected chi connectivity index (χ3v) is 9.41. The first-order valence-electron chi connectivity index (χ1n) is 12.5. The van der Waals surface area contributed by atoms with Gasteiger partial charge in [-0.1, -0.05) is 13.0 Å². The standard InChI is InChI=1S/C26H36O9/c1-5-33-22(30)19-8-11-26(32)18-7-10-25(31)12-17(29)6-9-24(25,14-34-15(2)27)21(18)20(35-16(3)28)13-23(19,26)4/h6,9,18-21,31-32H,5,7-8,10-14H2,1-4H3/t18-,19-,20-,21-,23-,24+,25-,26-/m1/s1. The van der Waals surface area contributed by atoms with Crippen LogP contribution in [0.4, 0.5) is 0 Å². The van der Waals surface area contributed by atoms with Gasteiger partial charge in [-0.15, -0.1) is 0 Å². The van der Waals surface area contributed by atoms with Crippen LogP contribution < -0.4 is 0 Å². The van der Waals surface area contributed by atoms with E-state index in [1.807, 2.05) is 6.92 Å². The molecule has 0 spiro atoms. The molecule has 8 atom stereocenters. The maximum absolute atomic E-state index is 12.9. The van der Waals surface area contributed by atoms with Crippen molar-refractivity contribution in [3.05, 3.63) is 12.2 Å². The Balaban J connectivity index is 1.86. The average Bonchev–Trinajstić information content (AvgIpc) is 3.02. The number of hydrogen-bond acceptors (Lipinski definition) is 9. The summed E-state index contributed by atoms with van der Waals surface area (Å²) in [5, 5.41) is 24.1. The first-order chi connectivity index (χ1) is 16.3. The van der Waals surface area contributed by atoms with Gasteiger partial charge >= 0.3 is 17.9 Å². The van der Waals surface area contributed by atoms with Crippen LogP contribution in [0.5, 0.6) is 0 Å². The van der Waals surface area contributed by atoms with Crippen molar-refractivity contribution in [3.63, 3.8) is 0 Å². The Morgan fingerprint density at radius 2 is 1.80 bits per heavy atom. The van der Waals surface area contributed by atoms with E-state index >= 15 is 0 Å². The molecule has 2 N–H and O–H groups in total. The Morgan fingerprint density at radius 3 is 2.43 bits per heavy atom. The van der Waals surface area contributed by atoms with Gasteiger partial charge in [0.25, 0.3) is 0 Å². The summed E-state index contributed by atoms with van der Waals surface area (Å²) in [6.07, 6.45) is 3.57. The molecule has 0 amide bonds. The summed E-state index contributed by atoms with van der Waals surface area (Å²) in [6.45, 7) is 6.16. The van der Waals surface area contributed by atoms with E-state index in [9.17, 15) is 29.4 Å². The van der Waals surface area contributed by atoms with Crippen LogP contribution in [0.2, 0.25) is 0 Å². The summed E-state index contributed by atoms with van der Waals surface area (Å²) in [4.78, 5) is 49.4. The van der Waals surface area contributed by atoms with Gasteiger partial charge in [-0.05, 0) is 51.0 Å². The van der Waals surface area contributed by atoms with Gasteiger partial charge < -0.3 is 24.4 Å². The number of fused-ring (bicyclic) bond motifs is 5. The summed E-state index contributed by atoms with van der Waals surface area (Å²) < 4.78 is 16.6. The van der Waals surface area contributed by atoms with Crippen LogP contribution in [0, 0.1) is 28.6 Å². The number of allylic oxidation sites excluding steroid dienone is 1. The molecule has 0 radical (unpaired) electrons. The van der Waals surface area contributed by atoms with Crippen molar-refractivity contribution in [1.29, 1.82) is 0 Å². The molecule has 4 aliphatic carbocycles. The Morgan fingerprint density at radius 1 is 1.09 bits per heavy atom. The molecule has 0 unspecified atom stereocenters. The van der Waals surface area contributed by atoms with Gasteiger partial charge in [-0.2, -0.15) is 0 Å². The molecule has 0 heterocycles. The Hall–Kier alpha value is -2.26. The molecule has 4 rings (SSSR count). The fraction of sp³-hybridized carbons (Fsp3) is 0.769. The largest absolute Gasteiger partial charge is 0.466 e. The van der Waals surface area contributed by atoms with Crippen LogP contribution >= 0.6 is 0 Å². The first kappa shape index (κ1) is 25.8. The minimum atomic E-state index is -1.53.